The number of carbonyl (C=O) groups is 1. The first kappa shape index (κ1) is 18.1. The van der Waals surface area contributed by atoms with Crippen molar-refractivity contribution in [1.82, 2.24) is 0 Å². The van der Waals surface area contributed by atoms with Crippen molar-refractivity contribution >= 4 is 21.6 Å². The lowest BCUT2D eigenvalue weighted by atomic mass is 9.94. The Kier molecular flexibility index (Phi) is 5.08. The van der Waals surface area contributed by atoms with Crippen LogP contribution in [-0.4, -0.2) is 21.4 Å². The van der Waals surface area contributed by atoms with E-state index in [1.807, 2.05) is 18.2 Å². The molecule has 128 valence electrons. The van der Waals surface area contributed by atoms with Crippen molar-refractivity contribution in [3.05, 3.63) is 59.7 Å². The quantitative estimate of drug-likeness (QED) is 0.865. The van der Waals surface area contributed by atoms with Gasteiger partial charge in [0.1, 0.15) is 0 Å². The van der Waals surface area contributed by atoms with Crippen LogP contribution < -0.4 is 10.5 Å². The van der Waals surface area contributed by atoms with Gasteiger partial charge in [-0.2, -0.15) is 0 Å². The fraction of sp³-hybridized carbons (Fsp3) is 0.235. The molecule has 0 aliphatic heterocycles. The van der Waals surface area contributed by atoms with Gasteiger partial charge in [-0.15, -0.1) is 0 Å². The second kappa shape index (κ2) is 6.72. The third-order valence-electron chi connectivity index (χ3n) is 3.92. The van der Waals surface area contributed by atoms with Gasteiger partial charge in [0.2, 0.25) is 10.0 Å². The van der Waals surface area contributed by atoms with Crippen molar-refractivity contribution in [2.24, 2.45) is 5.14 Å². The molecule has 1 amide bonds. The van der Waals surface area contributed by atoms with E-state index in [0.29, 0.717) is 16.8 Å². The Morgan fingerprint density at radius 2 is 1.79 bits per heavy atom. The van der Waals surface area contributed by atoms with Crippen molar-refractivity contribution in [2.45, 2.75) is 24.3 Å². The van der Waals surface area contributed by atoms with Gasteiger partial charge in [0.05, 0.1) is 4.90 Å². The van der Waals surface area contributed by atoms with Crippen molar-refractivity contribution in [3.8, 4) is 0 Å². The Balaban J connectivity index is 2.35. The van der Waals surface area contributed by atoms with Crippen molar-refractivity contribution in [2.75, 3.05) is 12.4 Å². The van der Waals surface area contributed by atoms with Crippen LogP contribution in [0.1, 0.15) is 18.1 Å². The summed E-state index contributed by atoms with van der Waals surface area (Å²) in [5.41, 5.74) is 0.305. The molecular weight excluding hydrogens is 328 g/mol. The first-order valence-electron chi connectivity index (χ1n) is 7.24. The lowest BCUT2D eigenvalue weighted by Gasteiger charge is -2.27. The normalized spacial score (nSPS) is 14.0. The predicted molar refractivity (Wildman–Crippen MR) is 92.0 cm³/mol. The van der Waals surface area contributed by atoms with Crippen molar-refractivity contribution in [3.63, 3.8) is 0 Å². The zero-order valence-corrected chi connectivity index (χ0v) is 14.6. The summed E-state index contributed by atoms with van der Waals surface area (Å²) in [4.78, 5) is 12.7. The number of carbonyl (C=O) groups excluding carboxylic acids is 1. The molecule has 7 heteroatoms. The van der Waals surface area contributed by atoms with Crippen LogP contribution in [0.3, 0.4) is 0 Å². The van der Waals surface area contributed by atoms with Gasteiger partial charge in [-0.25, -0.2) is 13.6 Å². The van der Waals surface area contributed by atoms with Gasteiger partial charge >= 0.3 is 0 Å². The summed E-state index contributed by atoms with van der Waals surface area (Å²) in [6.45, 7) is 3.28. The molecule has 3 N–H and O–H groups in total. The number of hydrogen-bond acceptors (Lipinski definition) is 4. The van der Waals surface area contributed by atoms with E-state index < -0.39 is 21.5 Å². The van der Waals surface area contributed by atoms with Crippen LogP contribution in [0, 0.1) is 6.92 Å². The monoisotopic (exact) mass is 348 g/mol. The van der Waals surface area contributed by atoms with Crippen LogP contribution >= 0.6 is 0 Å². The third-order valence-corrected chi connectivity index (χ3v) is 4.97. The second-order valence-corrected chi connectivity index (χ2v) is 7.11. The highest BCUT2D eigenvalue weighted by molar-refractivity contribution is 7.89. The molecule has 0 aliphatic carbocycles. The zero-order valence-electron chi connectivity index (χ0n) is 13.7. The maximum Gasteiger partial charge on any atom is 0.260 e. The number of aryl methyl sites for hydroxylation is 1. The number of nitrogens with two attached hydrogens (primary N) is 1. The number of primary sulfonamides is 1. The van der Waals surface area contributed by atoms with Crippen LogP contribution in [0.2, 0.25) is 0 Å². The van der Waals surface area contributed by atoms with Gasteiger partial charge < -0.3 is 10.1 Å². The molecule has 0 saturated carbocycles. The molecule has 0 radical (unpaired) electrons. The molecule has 2 aromatic carbocycles. The lowest BCUT2D eigenvalue weighted by Crippen LogP contribution is -2.39. The molecule has 0 aliphatic rings. The molecule has 0 heterocycles. The van der Waals surface area contributed by atoms with E-state index in [1.165, 1.54) is 13.2 Å². The summed E-state index contributed by atoms with van der Waals surface area (Å²) in [6.07, 6.45) is 0. The molecule has 0 spiro atoms. The Morgan fingerprint density at radius 1 is 1.17 bits per heavy atom. The molecule has 1 unspecified atom stereocenters. The van der Waals surface area contributed by atoms with E-state index in [4.69, 9.17) is 9.88 Å². The second-order valence-electron chi connectivity index (χ2n) is 5.58. The smallest absolute Gasteiger partial charge is 0.260 e. The summed E-state index contributed by atoms with van der Waals surface area (Å²) in [5.74, 6) is -0.416. The Morgan fingerprint density at radius 3 is 2.33 bits per heavy atom. The number of benzene rings is 2. The van der Waals surface area contributed by atoms with Crippen LogP contribution in [0.5, 0.6) is 0 Å². The van der Waals surface area contributed by atoms with Crippen molar-refractivity contribution < 1.29 is 17.9 Å². The van der Waals surface area contributed by atoms with Crippen molar-refractivity contribution in [1.29, 1.82) is 0 Å². The molecule has 1 atom stereocenters. The third kappa shape index (κ3) is 3.64. The van der Waals surface area contributed by atoms with E-state index in [9.17, 15) is 13.2 Å². The average molecular weight is 348 g/mol. The van der Waals surface area contributed by atoms with Gasteiger partial charge in [0, 0.05) is 12.8 Å². The molecule has 24 heavy (non-hydrogen) atoms. The van der Waals surface area contributed by atoms with E-state index in [2.05, 4.69) is 5.32 Å². The van der Waals surface area contributed by atoms with Gasteiger partial charge in [-0.3, -0.25) is 4.79 Å². The van der Waals surface area contributed by atoms with Crippen LogP contribution in [-0.2, 0) is 25.2 Å². The minimum atomic E-state index is -3.87. The van der Waals surface area contributed by atoms with Gasteiger partial charge in [0.15, 0.2) is 5.60 Å². The Bertz CT molecular complexity index is 850. The topological polar surface area (TPSA) is 98.5 Å². The van der Waals surface area contributed by atoms with Crippen LogP contribution in [0.25, 0.3) is 0 Å². The van der Waals surface area contributed by atoms with E-state index >= 15 is 0 Å². The highest BCUT2D eigenvalue weighted by Crippen LogP contribution is 2.27. The molecule has 0 saturated heterocycles. The molecule has 2 rings (SSSR count). The predicted octanol–water partition coefficient (Wildman–Crippen LogP) is 2.14. The summed E-state index contributed by atoms with van der Waals surface area (Å²) >= 11 is 0. The number of rotatable bonds is 5. The maximum absolute atomic E-state index is 12.7. The van der Waals surface area contributed by atoms with Gasteiger partial charge in [-0.05, 0) is 37.1 Å². The number of methoxy groups -OCH3 is 1. The molecule has 0 aromatic heterocycles. The highest BCUT2D eigenvalue weighted by Gasteiger charge is 2.35. The van der Waals surface area contributed by atoms with Gasteiger partial charge in [-0.1, -0.05) is 36.4 Å². The summed E-state index contributed by atoms with van der Waals surface area (Å²) in [6, 6.07) is 13.6. The number of sulfonamides is 1. The van der Waals surface area contributed by atoms with Crippen LogP contribution in [0.15, 0.2) is 53.4 Å². The number of amides is 1. The Hall–Kier alpha value is -2.22. The average Bonchev–Trinajstić information content (AvgIpc) is 2.55. The Labute approximate surface area is 141 Å². The molecule has 0 fully saturated rings. The molecule has 0 bridgehead atoms. The zero-order chi connectivity index (χ0) is 18.0. The van der Waals surface area contributed by atoms with E-state index in [1.54, 1.807) is 38.1 Å². The molecule has 2 aromatic rings. The molecular formula is C17H20N2O4S. The SMILES string of the molecule is COC(C)(C(=O)Nc1ccc(C)c(S(N)(=O)=O)c1)c1ccccc1. The number of nitrogens with one attached hydrogen (secondary N) is 1. The highest BCUT2D eigenvalue weighted by atomic mass is 32.2. The maximum atomic E-state index is 12.7. The fourth-order valence-corrected chi connectivity index (χ4v) is 3.14. The minimum Gasteiger partial charge on any atom is -0.364 e. The van der Waals surface area contributed by atoms with E-state index in [-0.39, 0.29) is 4.90 Å². The van der Waals surface area contributed by atoms with Gasteiger partial charge in [0.25, 0.3) is 5.91 Å². The van der Waals surface area contributed by atoms with E-state index in [0.717, 1.165) is 0 Å². The summed E-state index contributed by atoms with van der Waals surface area (Å²) in [5, 5.41) is 7.88. The van der Waals surface area contributed by atoms with Crippen LogP contribution in [0.4, 0.5) is 5.69 Å². The number of anilines is 1. The number of ether oxygens (including phenoxy) is 1. The standard InChI is InChI=1S/C17H20N2O4S/c1-12-9-10-14(11-15(12)24(18,21)22)19-16(20)17(2,23-3)13-7-5-4-6-8-13/h4-11H,1-3H3,(H,19,20)(H2,18,21,22). The minimum absolute atomic E-state index is 0.0286. The summed E-state index contributed by atoms with van der Waals surface area (Å²) < 4.78 is 28.6. The molecule has 6 nitrogen and oxygen atoms in total. The largest absolute Gasteiger partial charge is 0.364 e. The number of hydrogen-bond donors (Lipinski definition) is 2. The first-order chi connectivity index (χ1) is 11.2. The lowest BCUT2D eigenvalue weighted by molar-refractivity contribution is -0.136. The fourth-order valence-electron chi connectivity index (χ4n) is 2.33. The first-order valence-corrected chi connectivity index (χ1v) is 8.78. The summed E-state index contributed by atoms with van der Waals surface area (Å²) in [7, 11) is -2.43.